The van der Waals surface area contributed by atoms with Gasteiger partial charge in [-0.05, 0) is 11.6 Å². The number of hydrogen-bond acceptors (Lipinski definition) is 3. The van der Waals surface area contributed by atoms with Crippen molar-refractivity contribution in [3.63, 3.8) is 0 Å². The van der Waals surface area contributed by atoms with Gasteiger partial charge in [-0.2, -0.15) is 0 Å². The molecule has 1 amide bonds. The van der Waals surface area contributed by atoms with E-state index in [1.54, 1.807) is 17.0 Å². The number of amides is 1. The topological polar surface area (TPSA) is 78.0 Å². The molecule has 1 unspecified atom stereocenters. The highest BCUT2D eigenvalue weighted by Gasteiger charge is 2.33. The van der Waals surface area contributed by atoms with Crippen molar-refractivity contribution in [2.45, 2.75) is 18.9 Å². The number of rotatable bonds is 3. The SMILES string of the molecule is NC(=O)Cc1nccn1C1Cc2c(Br)cccc2C1=O. The van der Waals surface area contributed by atoms with Gasteiger partial charge in [-0.25, -0.2) is 4.98 Å². The maximum Gasteiger partial charge on any atom is 0.225 e. The predicted molar refractivity (Wildman–Crippen MR) is 76.3 cm³/mol. The summed E-state index contributed by atoms with van der Waals surface area (Å²) in [5.41, 5.74) is 6.94. The molecule has 1 heterocycles. The molecule has 1 atom stereocenters. The van der Waals surface area contributed by atoms with E-state index in [0.717, 1.165) is 15.6 Å². The standard InChI is InChI=1S/C14H12BrN3O2/c15-10-3-1-2-8-9(10)6-11(14(8)20)18-5-4-17-13(18)7-12(16)19/h1-5,11H,6-7H2,(H2,16,19). The summed E-state index contributed by atoms with van der Waals surface area (Å²) in [6, 6.07) is 5.25. The first-order chi connectivity index (χ1) is 9.58. The van der Waals surface area contributed by atoms with Crippen LogP contribution >= 0.6 is 15.9 Å². The Kier molecular flexibility index (Phi) is 3.17. The van der Waals surface area contributed by atoms with Gasteiger partial charge in [-0.15, -0.1) is 0 Å². The smallest absolute Gasteiger partial charge is 0.225 e. The number of fused-ring (bicyclic) bond motifs is 1. The van der Waals surface area contributed by atoms with E-state index in [0.29, 0.717) is 12.2 Å². The Bertz CT molecular complexity index is 708. The highest BCUT2D eigenvalue weighted by molar-refractivity contribution is 9.10. The fraction of sp³-hybridized carbons (Fsp3) is 0.214. The van der Waals surface area contributed by atoms with E-state index in [1.807, 2.05) is 18.2 Å². The quantitative estimate of drug-likeness (QED) is 0.927. The Morgan fingerprint density at radius 2 is 2.30 bits per heavy atom. The van der Waals surface area contributed by atoms with E-state index in [1.165, 1.54) is 0 Å². The molecule has 6 heteroatoms. The molecule has 2 aromatic rings. The molecule has 20 heavy (non-hydrogen) atoms. The summed E-state index contributed by atoms with van der Waals surface area (Å²) in [5.74, 6) is 0.117. The van der Waals surface area contributed by atoms with Crippen LogP contribution in [-0.2, 0) is 17.6 Å². The van der Waals surface area contributed by atoms with Crippen molar-refractivity contribution in [1.82, 2.24) is 9.55 Å². The highest BCUT2D eigenvalue weighted by Crippen LogP contribution is 2.35. The second kappa shape index (κ2) is 4.86. The van der Waals surface area contributed by atoms with E-state index in [4.69, 9.17) is 5.73 Å². The molecule has 3 rings (SSSR count). The van der Waals surface area contributed by atoms with Gasteiger partial charge in [0, 0.05) is 28.9 Å². The zero-order valence-corrected chi connectivity index (χ0v) is 12.1. The lowest BCUT2D eigenvalue weighted by Gasteiger charge is -2.13. The van der Waals surface area contributed by atoms with Gasteiger partial charge >= 0.3 is 0 Å². The van der Waals surface area contributed by atoms with Crippen molar-refractivity contribution >= 4 is 27.6 Å². The molecule has 0 saturated carbocycles. The highest BCUT2D eigenvalue weighted by atomic mass is 79.9. The first-order valence-corrected chi connectivity index (χ1v) is 6.99. The first-order valence-electron chi connectivity index (χ1n) is 6.19. The molecule has 0 bridgehead atoms. The lowest BCUT2D eigenvalue weighted by atomic mass is 10.1. The molecule has 102 valence electrons. The first kappa shape index (κ1) is 13.1. The second-order valence-corrected chi connectivity index (χ2v) is 5.60. The van der Waals surface area contributed by atoms with Crippen LogP contribution in [0.5, 0.6) is 0 Å². The number of nitrogens with two attached hydrogens (primary N) is 1. The number of benzene rings is 1. The maximum atomic E-state index is 12.5. The molecule has 1 aliphatic rings. The number of hydrogen-bond donors (Lipinski definition) is 1. The molecule has 0 spiro atoms. The molecular formula is C14H12BrN3O2. The van der Waals surface area contributed by atoms with E-state index in [2.05, 4.69) is 20.9 Å². The van der Waals surface area contributed by atoms with Crippen molar-refractivity contribution in [2.24, 2.45) is 5.73 Å². The molecule has 1 aromatic carbocycles. The summed E-state index contributed by atoms with van der Waals surface area (Å²) in [6.45, 7) is 0. The van der Waals surface area contributed by atoms with Crippen LogP contribution < -0.4 is 5.73 Å². The molecule has 0 saturated heterocycles. The minimum Gasteiger partial charge on any atom is -0.369 e. The summed E-state index contributed by atoms with van der Waals surface area (Å²) in [6.07, 6.45) is 3.94. The number of halogens is 1. The van der Waals surface area contributed by atoms with Crippen LogP contribution in [0.3, 0.4) is 0 Å². The van der Waals surface area contributed by atoms with Crippen molar-refractivity contribution < 1.29 is 9.59 Å². The minimum atomic E-state index is -0.457. The number of Topliss-reactive ketones (excluding diaryl/α,β-unsaturated/α-hetero) is 1. The summed E-state index contributed by atoms with van der Waals surface area (Å²) >= 11 is 3.47. The number of ketones is 1. The number of primary amides is 1. The third-order valence-electron chi connectivity index (χ3n) is 3.50. The summed E-state index contributed by atoms with van der Waals surface area (Å²) in [5, 5.41) is 0. The number of carbonyl (C=O) groups excluding carboxylic acids is 2. The third-order valence-corrected chi connectivity index (χ3v) is 4.24. The summed E-state index contributed by atoms with van der Waals surface area (Å²) in [7, 11) is 0. The molecule has 1 aromatic heterocycles. The average molecular weight is 334 g/mol. The number of nitrogens with zero attached hydrogens (tertiary/aromatic N) is 2. The minimum absolute atomic E-state index is 0.0360. The van der Waals surface area contributed by atoms with Crippen LogP contribution in [-0.4, -0.2) is 21.2 Å². The molecule has 0 aliphatic heterocycles. The van der Waals surface area contributed by atoms with Crippen molar-refractivity contribution in [2.75, 3.05) is 0 Å². The number of aromatic nitrogens is 2. The van der Waals surface area contributed by atoms with Crippen molar-refractivity contribution in [3.05, 3.63) is 52.0 Å². The maximum absolute atomic E-state index is 12.5. The van der Waals surface area contributed by atoms with Crippen LogP contribution in [0.4, 0.5) is 0 Å². The fourth-order valence-electron chi connectivity index (χ4n) is 2.61. The van der Waals surface area contributed by atoms with E-state index < -0.39 is 5.91 Å². The Morgan fingerprint density at radius 3 is 3.00 bits per heavy atom. The molecule has 2 N–H and O–H groups in total. The monoisotopic (exact) mass is 333 g/mol. The lowest BCUT2D eigenvalue weighted by molar-refractivity contribution is -0.117. The zero-order chi connectivity index (χ0) is 14.3. The van der Waals surface area contributed by atoms with Gasteiger partial charge in [0.1, 0.15) is 11.9 Å². The fourth-order valence-corrected chi connectivity index (χ4v) is 3.14. The van der Waals surface area contributed by atoms with Gasteiger partial charge in [-0.1, -0.05) is 28.1 Å². The lowest BCUT2D eigenvalue weighted by Crippen LogP contribution is -2.22. The molecule has 5 nitrogen and oxygen atoms in total. The Balaban J connectivity index is 1.99. The van der Waals surface area contributed by atoms with E-state index >= 15 is 0 Å². The molecular weight excluding hydrogens is 322 g/mol. The predicted octanol–water partition coefficient (Wildman–Crippen LogP) is 1.65. The molecule has 0 fully saturated rings. The summed E-state index contributed by atoms with van der Waals surface area (Å²) < 4.78 is 2.68. The normalized spacial score (nSPS) is 17.2. The van der Waals surface area contributed by atoms with Gasteiger partial charge in [0.25, 0.3) is 0 Å². The zero-order valence-electron chi connectivity index (χ0n) is 10.5. The van der Waals surface area contributed by atoms with Crippen molar-refractivity contribution in [3.8, 4) is 0 Å². The third kappa shape index (κ3) is 2.06. The van der Waals surface area contributed by atoms with Gasteiger partial charge in [-0.3, -0.25) is 9.59 Å². The largest absolute Gasteiger partial charge is 0.369 e. The van der Waals surface area contributed by atoms with Crippen LogP contribution in [0.1, 0.15) is 27.8 Å². The summed E-state index contributed by atoms with van der Waals surface area (Å²) in [4.78, 5) is 27.7. The Labute approximate surface area is 123 Å². The van der Waals surface area contributed by atoms with Gasteiger partial charge < -0.3 is 10.3 Å². The van der Waals surface area contributed by atoms with Gasteiger partial charge in [0.05, 0.1) is 6.42 Å². The van der Waals surface area contributed by atoms with Crippen LogP contribution in [0.25, 0.3) is 0 Å². The average Bonchev–Trinajstić information content (AvgIpc) is 2.95. The van der Waals surface area contributed by atoms with Gasteiger partial charge in [0.2, 0.25) is 5.91 Å². The Morgan fingerprint density at radius 1 is 1.50 bits per heavy atom. The van der Waals surface area contributed by atoms with E-state index in [9.17, 15) is 9.59 Å². The van der Waals surface area contributed by atoms with Crippen LogP contribution in [0.15, 0.2) is 35.1 Å². The second-order valence-electron chi connectivity index (χ2n) is 4.74. The van der Waals surface area contributed by atoms with Crippen molar-refractivity contribution in [1.29, 1.82) is 0 Å². The van der Waals surface area contributed by atoms with Gasteiger partial charge in [0.15, 0.2) is 5.78 Å². The Hall–Kier alpha value is -1.95. The molecule has 0 radical (unpaired) electrons. The molecule has 1 aliphatic carbocycles. The van der Waals surface area contributed by atoms with Crippen LogP contribution in [0, 0.1) is 0 Å². The number of carbonyl (C=O) groups is 2. The number of imidazole rings is 1. The van der Waals surface area contributed by atoms with Crippen LogP contribution in [0.2, 0.25) is 0 Å². The van der Waals surface area contributed by atoms with E-state index in [-0.39, 0.29) is 18.2 Å².